The van der Waals surface area contributed by atoms with Crippen LogP contribution in [0.15, 0.2) is 18.2 Å². The molecule has 0 radical (unpaired) electrons. The molecular weight excluding hydrogens is 276 g/mol. The quantitative estimate of drug-likeness (QED) is 0.915. The van der Waals surface area contributed by atoms with Gasteiger partial charge in [-0.3, -0.25) is 0 Å². The van der Waals surface area contributed by atoms with Gasteiger partial charge in [-0.2, -0.15) is 0 Å². The van der Waals surface area contributed by atoms with Crippen molar-refractivity contribution in [2.75, 3.05) is 19.7 Å². The molecule has 0 spiro atoms. The predicted molar refractivity (Wildman–Crippen MR) is 74.4 cm³/mol. The van der Waals surface area contributed by atoms with Gasteiger partial charge in [-0.25, -0.2) is 4.39 Å². The molecule has 1 aliphatic rings. The maximum Gasteiger partial charge on any atom is 0.138 e. The zero-order chi connectivity index (χ0) is 12.1. The molecule has 1 aromatic rings. The van der Waals surface area contributed by atoms with Crippen molar-refractivity contribution < 1.29 is 9.13 Å². The van der Waals surface area contributed by atoms with E-state index in [0.717, 1.165) is 19.5 Å². The molecule has 1 unspecified atom stereocenters. The van der Waals surface area contributed by atoms with E-state index in [0.29, 0.717) is 23.3 Å². The van der Waals surface area contributed by atoms with E-state index in [1.807, 2.05) is 0 Å². The summed E-state index contributed by atoms with van der Waals surface area (Å²) >= 11 is 5.87. The normalized spacial score (nSPS) is 19.1. The molecule has 0 bridgehead atoms. The van der Waals surface area contributed by atoms with Gasteiger partial charge in [0, 0.05) is 0 Å². The number of piperidine rings is 1. The Morgan fingerprint density at radius 2 is 2.28 bits per heavy atom. The molecule has 2 rings (SSSR count). The van der Waals surface area contributed by atoms with Crippen LogP contribution < -0.4 is 10.1 Å². The van der Waals surface area contributed by atoms with Crippen LogP contribution in [0.2, 0.25) is 5.02 Å². The largest absolute Gasteiger partial charge is 0.492 e. The zero-order valence-electron chi connectivity index (χ0n) is 10.1. The SMILES string of the molecule is Cl.Fc1ccc(OCCC2CCCNC2)c(Cl)c1. The van der Waals surface area contributed by atoms with Crippen LogP contribution in [-0.2, 0) is 0 Å². The lowest BCUT2D eigenvalue weighted by molar-refractivity contribution is 0.254. The summed E-state index contributed by atoms with van der Waals surface area (Å²) in [4.78, 5) is 0. The summed E-state index contributed by atoms with van der Waals surface area (Å²) in [6.45, 7) is 2.83. The smallest absolute Gasteiger partial charge is 0.138 e. The van der Waals surface area contributed by atoms with Crippen molar-refractivity contribution in [3.05, 3.63) is 29.0 Å². The molecule has 18 heavy (non-hydrogen) atoms. The van der Waals surface area contributed by atoms with E-state index >= 15 is 0 Å². The minimum absolute atomic E-state index is 0. The fourth-order valence-corrected chi connectivity index (χ4v) is 2.32. The molecule has 1 saturated heterocycles. The Morgan fingerprint density at radius 3 is 2.94 bits per heavy atom. The summed E-state index contributed by atoms with van der Waals surface area (Å²) in [5.74, 6) is 0.915. The third-order valence-electron chi connectivity index (χ3n) is 3.08. The lowest BCUT2D eigenvalue weighted by Gasteiger charge is -2.22. The van der Waals surface area contributed by atoms with Crippen LogP contribution in [0.1, 0.15) is 19.3 Å². The van der Waals surface area contributed by atoms with Crippen LogP contribution in [0, 0.1) is 11.7 Å². The molecule has 0 aromatic heterocycles. The van der Waals surface area contributed by atoms with Crippen molar-refractivity contribution in [1.82, 2.24) is 5.32 Å². The van der Waals surface area contributed by atoms with Crippen LogP contribution in [0.5, 0.6) is 5.75 Å². The van der Waals surface area contributed by atoms with Gasteiger partial charge in [-0.05, 0) is 56.5 Å². The highest BCUT2D eigenvalue weighted by atomic mass is 35.5. The van der Waals surface area contributed by atoms with Crippen molar-refractivity contribution in [2.24, 2.45) is 5.92 Å². The first-order valence-corrected chi connectivity index (χ1v) is 6.42. The number of benzene rings is 1. The Kier molecular flexibility index (Phi) is 6.76. The summed E-state index contributed by atoms with van der Waals surface area (Å²) in [7, 11) is 0. The molecule has 1 N–H and O–H groups in total. The number of nitrogens with one attached hydrogen (secondary N) is 1. The van der Waals surface area contributed by atoms with Crippen LogP contribution >= 0.6 is 24.0 Å². The molecule has 102 valence electrons. The van der Waals surface area contributed by atoms with Crippen LogP contribution in [0.4, 0.5) is 4.39 Å². The molecule has 1 aliphatic heterocycles. The lowest BCUT2D eigenvalue weighted by Crippen LogP contribution is -2.30. The Labute approximate surface area is 118 Å². The Hall–Kier alpha value is -0.510. The van der Waals surface area contributed by atoms with Gasteiger partial charge in [-0.1, -0.05) is 11.6 Å². The molecule has 2 nitrogen and oxygen atoms in total. The number of hydrogen-bond acceptors (Lipinski definition) is 2. The van der Waals surface area contributed by atoms with Crippen molar-refractivity contribution in [2.45, 2.75) is 19.3 Å². The topological polar surface area (TPSA) is 21.3 Å². The average molecular weight is 294 g/mol. The Bertz CT molecular complexity index is 370. The minimum Gasteiger partial charge on any atom is -0.492 e. The summed E-state index contributed by atoms with van der Waals surface area (Å²) < 4.78 is 18.4. The first-order valence-electron chi connectivity index (χ1n) is 6.04. The molecule has 1 aromatic carbocycles. The zero-order valence-corrected chi connectivity index (χ0v) is 11.7. The van der Waals surface area contributed by atoms with Crippen LogP contribution in [0.25, 0.3) is 0 Å². The van der Waals surface area contributed by atoms with Gasteiger partial charge in [0.2, 0.25) is 0 Å². The van der Waals surface area contributed by atoms with E-state index in [9.17, 15) is 4.39 Å². The van der Waals surface area contributed by atoms with Crippen LogP contribution in [0.3, 0.4) is 0 Å². The van der Waals surface area contributed by atoms with Crippen LogP contribution in [-0.4, -0.2) is 19.7 Å². The van der Waals surface area contributed by atoms with Crippen molar-refractivity contribution in [1.29, 1.82) is 0 Å². The minimum atomic E-state index is -0.334. The van der Waals surface area contributed by atoms with Crippen molar-refractivity contribution >= 4 is 24.0 Å². The lowest BCUT2D eigenvalue weighted by atomic mass is 9.97. The average Bonchev–Trinajstić information content (AvgIpc) is 2.33. The Balaban J connectivity index is 0.00000162. The second-order valence-electron chi connectivity index (χ2n) is 4.42. The Morgan fingerprint density at radius 1 is 1.44 bits per heavy atom. The molecule has 1 atom stereocenters. The molecule has 0 aliphatic carbocycles. The maximum atomic E-state index is 12.8. The highest BCUT2D eigenvalue weighted by molar-refractivity contribution is 6.32. The third-order valence-corrected chi connectivity index (χ3v) is 3.37. The van der Waals surface area contributed by atoms with E-state index < -0.39 is 0 Å². The monoisotopic (exact) mass is 293 g/mol. The summed E-state index contributed by atoms with van der Waals surface area (Å²) in [6, 6.07) is 4.22. The van der Waals surface area contributed by atoms with E-state index in [1.54, 1.807) is 6.07 Å². The number of rotatable bonds is 4. The summed E-state index contributed by atoms with van der Waals surface area (Å²) in [5, 5.41) is 3.71. The van der Waals surface area contributed by atoms with Gasteiger partial charge in [0.15, 0.2) is 0 Å². The van der Waals surface area contributed by atoms with Crippen molar-refractivity contribution in [3.8, 4) is 5.75 Å². The summed E-state index contributed by atoms with van der Waals surface area (Å²) in [5.41, 5.74) is 0. The highest BCUT2D eigenvalue weighted by Crippen LogP contribution is 2.25. The number of ether oxygens (including phenoxy) is 1. The maximum absolute atomic E-state index is 12.8. The molecular formula is C13H18Cl2FNO. The van der Waals surface area contributed by atoms with E-state index in [4.69, 9.17) is 16.3 Å². The number of hydrogen-bond donors (Lipinski definition) is 1. The van der Waals surface area contributed by atoms with Gasteiger partial charge in [-0.15, -0.1) is 12.4 Å². The fraction of sp³-hybridized carbons (Fsp3) is 0.538. The standard InChI is InChI=1S/C13H17ClFNO.ClH/c14-12-8-11(15)3-4-13(12)17-7-5-10-2-1-6-16-9-10;/h3-4,8,10,16H,1-2,5-7,9H2;1H. The molecule has 0 saturated carbocycles. The van der Waals surface area contributed by atoms with Gasteiger partial charge < -0.3 is 10.1 Å². The molecule has 5 heteroatoms. The van der Waals surface area contributed by atoms with Gasteiger partial charge in [0.1, 0.15) is 11.6 Å². The second-order valence-corrected chi connectivity index (χ2v) is 4.83. The van der Waals surface area contributed by atoms with E-state index in [1.165, 1.54) is 25.0 Å². The van der Waals surface area contributed by atoms with Crippen molar-refractivity contribution in [3.63, 3.8) is 0 Å². The predicted octanol–water partition coefficient (Wildman–Crippen LogP) is 3.67. The fourth-order valence-electron chi connectivity index (χ4n) is 2.10. The third kappa shape index (κ3) is 4.63. The molecule has 0 amide bonds. The van der Waals surface area contributed by atoms with Gasteiger partial charge in [0.25, 0.3) is 0 Å². The first-order chi connectivity index (χ1) is 8.25. The number of halogens is 3. The van der Waals surface area contributed by atoms with Gasteiger partial charge in [0.05, 0.1) is 11.6 Å². The highest BCUT2D eigenvalue weighted by Gasteiger charge is 2.13. The first kappa shape index (κ1) is 15.5. The van der Waals surface area contributed by atoms with E-state index in [-0.39, 0.29) is 18.2 Å². The molecule has 1 heterocycles. The second kappa shape index (κ2) is 7.82. The summed E-state index contributed by atoms with van der Waals surface area (Å²) in [6.07, 6.45) is 3.51. The van der Waals surface area contributed by atoms with E-state index in [2.05, 4.69) is 5.32 Å². The molecule has 1 fully saturated rings. The van der Waals surface area contributed by atoms with Gasteiger partial charge >= 0.3 is 0 Å².